The molecular weight excluding hydrogens is 294 g/mol. The Balaban J connectivity index is 2.45. The lowest BCUT2D eigenvalue weighted by atomic mass is 9.58. The topological polar surface area (TPSA) is 87.4 Å². The summed E-state index contributed by atoms with van der Waals surface area (Å²) in [6.07, 6.45) is 9.06. The van der Waals surface area contributed by atoms with Gasteiger partial charge in [0.2, 0.25) is 0 Å². The van der Waals surface area contributed by atoms with E-state index in [1.807, 2.05) is 0 Å². The van der Waals surface area contributed by atoms with E-state index in [-0.39, 0.29) is 11.8 Å². The second-order valence-electron chi connectivity index (χ2n) is 7.02. The first-order valence-electron chi connectivity index (χ1n) is 8.80. The molecule has 2 rings (SSSR count). The molecule has 5 nitrogen and oxygen atoms in total. The number of rotatable bonds is 5. The van der Waals surface area contributed by atoms with E-state index >= 15 is 0 Å². The summed E-state index contributed by atoms with van der Waals surface area (Å²) in [6, 6.07) is 2.16. The van der Waals surface area contributed by atoms with Gasteiger partial charge in [-0.15, -0.1) is 0 Å². The Kier molecular flexibility index (Phi) is 6.04. The van der Waals surface area contributed by atoms with Gasteiger partial charge in [-0.3, -0.25) is 9.59 Å². The largest absolute Gasteiger partial charge is 0.481 e. The van der Waals surface area contributed by atoms with Gasteiger partial charge in [-0.05, 0) is 37.5 Å². The third-order valence-electron chi connectivity index (χ3n) is 5.84. The minimum atomic E-state index is -1.54. The number of carbonyl (C=O) groups excluding carboxylic acids is 1. The van der Waals surface area contributed by atoms with Gasteiger partial charge >= 0.3 is 11.9 Å². The number of carboxylic acids is 1. The van der Waals surface area contributed by atoms with Gasteiger partial charge < -0.3 is 9.84 Å². The highest BCUT2D eigenvalue weighted by Gasteiger charge is 2.58. The van der Waals surface area contributed by atoms with Crippen molar-refractivity contribution in [3.05, 3.63) is 0 Å². The Morgan fingerprint density at radius 3 is 2.04 bits per heavy atom. The molecule has 2 fully saturated rings. The molecule has 2 atom stereocenters. The molecule has 0 aromatic carbocycles. The number of ether oxygens (including phenoxy) is 1. The lowest BCUT2D eigenvalue weighted by Crippen LogP contribution is -2.51. The molecule has 0 aliphatic heterocycles. The fourth-order valence-corrected chi connectivity index (χ4v) is 4.72. The number of nitrogens with zero attached hydrogens (tertiary/aromatic N) is 1. The molecule has 0 radical (unpaired) electrons. The molecule has 0 heterocycles. The second kappa shape index (κ2) is 7.81. The van der Waals surface area contributed by atoms with Crippen LogP contribution in [-0.2, 0) is 14.3 Å². The van der Waals surface area contributed by atoms with Crippen LogP contribution in [0.25, 0.3) is 0 Å². The van der Waals surface area contributed by atoms with Gasteiger partial charge in [0, 0.05) is 0 Å². The number of carbonyl (C=O) groups is 2. The molecule has 23 heavy (non-hydrogen) atoms. The zero-order valence-electron chi connectivity index (χ0n) is 13.9. The summed E-state index contributed by atoms with van der Waals surface area (Å²) in [6.45, 7) is 0. The number of carboxylic acid groups (broad SMARTS) is 1. The van der Waals surface area contributed by atoms with E-state index in [1.165, 1.54) is 7.11 Å². The smallest absolute Gasteiger partial charge is 0.327 e. The monoisotopic (exact) mass is 321 g/mol. The maximum Gasteiger partial charge on any atom is 0.327 e. The van der Waals surface area contributed by atoms with Crippen LogP contribution in [0.3, 0.4) is 0 Å². The van der Waals surface area contributed by atoms with E-state index in [2.05, 4.69) is 6.07 Å². The minimum Gasteiger partial charge on any atom is -0.481 e. The number of hydrogen-bond acceptors (Lipinski definition) is 4. The van der Waals surface area contributed by atoms with Crippen LogP contribution in [-0.4, -0.2) is 24.2 Å². The first-order chi connectivity index (χ1) is 11.1. The summed E-state index contributed by atoms with van der Waals surface area (Å²) in [5.41, 5.74) is -1.54. The quantitative estimate of drug-likeness (QED) is 0.783. The van der Waals surface area contributed by atoms with Crippen LogP contribution in [0.5, 0.6) is 0 Å². The number of aliphatic carboxylic acids is 1. The Hall–Kier alpha value is -1.57. The normalized spacial score (nSPS) is 24.2. The van der Waals surface area contributed by atoms with Gasteiger partial charge in [0.1, 0.15) is 0 Å². The van der Waals surface area contributed by atoms with Gasteiger partial charge in [-0.25, -0.2) is 0 Å². The first kappa shape index (κ1) is 17.8. The molecule has 128 valence electrons. The maximum atomic E-state index is 12.6. The van der Waals surface area contributed by atoms with E-state index < -0.39 is 23.3 Å². The van der Waals surface area contributed by atoms with E-state index in [0.717, 1.165) is 64.2 Å². The Bertz CT molecular complexity index is 472. The molecule has 2 aliphatic rings. The van der Waals surface area contributed by atoms with Crippen molar-refractivity contribution in [2.75, 3.05) is 7.11 Å². The predicted octanol–water partition coefficient (Wildman–Crippen LogP) is 3.53. The molecule has 0 bridgehead atoms. The predicted molar refractivity (Wildman–Crippen MR) is 84.3 cm³/mol. The minimum absolute atomic E-state index is 0.109. The summed E-state index contributed by atoms with van der Waals surface area (Å²) in [4.78, 5) is 24.8. The number of esters is 1. The Morgan fingerprint density at radius 2 is 1.61 bits per heavy atom. The van der Waals surface area contributed by atoms with Crippen LogP contribution >= 0.6 is 0 Å². The molecular formula is C18H27NO4. The van der Waals surface area contributed by atoms with Crippen molar-refractivity contribution in [3.8, 4) is 6.07 Å². The molecule has 5 heteroatoms. The maximum absolute atomic E-state index is 12.6. The highest BCUT2D eigenvalue weighted by Crippen LogP contribution is 2.50. The second-order valence-corrected chi connectivity index (χ2v) is 7.02. The van der Waals surface area contributed by atoms with Crippen LogP contribution in [0.4, 0.5) is 0 Å². The van der Waals surface area contributed by atoms with E-state index in [0.29, 0.717) is 0 Å². The van der Waals surface area contributed by atoms with Crippen molar-refractivity contribution in [2.45, 2.75) is 64.2 Å². The lowest BCUT2D eigenvalue weighted by molar-refractivity contribution is -0.169. The summed E-state index contributed by atoms with van der Waals surface area (Å²) < 4.78 is 4.96. The Labute approximate surface area is 138 Å². The molecule has 0 aromatic heterocycles. The van der Waals surface area contributed by atoms with Gasteiger partial charge in [-0.1, -0.05) is 38.5 Å². The van der Waals surface area contributed by atoms with E-state index in [4.69, 9.17) is 4.74 Å². The third kappa shape index (κ3) is 3.36. The summed E-state index contributed by atoms with van der Waals surface area (Å²) in [5, 5.41) is 19.9. The molecule has 1 N–H and O–H groups in total. The number of methoxy groups -OCH3 is 1. The van der Waals surface area contributed by atoms with Crippen molar-refractivity contribution in [1.29, 1.82) is 5.26 Å². The third-order valence-corrected chi connectivity index (χ3v) is 5.84. The average molecular weight is 321 g/mol. The zero-order chi connectivity index (χ0) is 16.9. The van der Waals surface area contributed by atoms with Crippen LogP contribution < -0.4 is 0 Å². The standard InChI is InChI=1S/C18H27NO4/c1-23-17(22)18(12-19,14-10-6-3-7-11-14)15(16(20)21)13-8-4-2-5-9-13/h13-15H,2-11H2,1H3,(H,20,21). The molecule has 0 aromatic rings. The van der Waals surface area contributed by atoms with E-state index in [1.54, 1.807) is 0 Å². The van der Waals surface area contributed by atoms with Crippen molar-refractivity contribution in [3.63, 3.8) is 0 Å². The van der Waals surface area contributed by atoms with Crippen LogP contribution in [0, 0.1) is 34.5 Å². The highest BCUT2D eigenvalue weighted by molar-refractivity contribution is 5.88. The molecule has 2 saturated carbocycles. The fourth-order valence-electron chi connectivity index (χ4n) is 4.72. The molecule has 0 spiro atoms. The highest BCUT2D eigenvalue weighted by atomic mass is 16.5. The van der Waals surface area contributed by atoms with Crippen LogP contribution in [0.2, 0.25) is 0 Å². The average Bonchev–Trinajstić information content (AvgIpc) is 2.60. The molecule has 2 aliphatic carbocycles. The summed E-state index contributed by atoms with van der Waals surface area (Å²) in [5.74, 6) is -2.94. The van der Waals surface area contributed by atoms with Crippen molar-refractivity contribution < 1.29 is 19.4 Å². The first-order valence-corrected chi connectivity index (χ1v) is 8.80. The van der Waals surface area contributed by atoms with Gasteiger partial charge in [-0.2, -0.15) is 5.26 Å². The number of hydrogen-bond donors (Lipinski definition) is 1. The van der Waals surface area contributed by atoms with E-state index in [9.17, 15) is 20.0 Å². The van der Waals surface area contributed by atoms with Crippen molar-refractivity contribution >= 4 is 11.9 Å². The summed E-state index contributed by atoms with van der Waals surface area (Å²) in [7, 11) is 1.26. The van der Waals surface area contributed by atoms with Gasteiger partial charge in [0.05, 0.1) is 19.1 Å². The van der Waals surface area contributed by atoms with Crippen molar-refractivity contribution in [1.82, 2.24) is 0 Å². The van der Waals surface area contributed by atoms with Crippen molar-refractivity contribution in [2.24, 2.45) is 23.2 Å². The Morgan fingerprint density at radius 1 is 1.09 bits per heavy atom. The number of nitriles is 1. The SMILES string of the molecule is COC(=O)C(C#N)(C1CCCCC1)C(C(=O)O)C1CCCCC1. The van der Waals surface area contributed by atoms with Gasteiger partial charge in [0.15, 0.2) is 5.41 Å². The molecule has 0 saturated heterocycles. The molecule has 2 unspecified atom stereocenters. The lowest BCUT2D eigenvalue weighted by Gasteiger charge is -2.42. The zero-order valence-corrected chi connectivity index (χ0v) is 13.9. The van der Waals surface area contributed by atoms with Crippen LogP contribution in [0.1, 0.15) is 64.2 Å². The van der Waals surface area contributed by atoms with Gasteiger partial charge in [0.25, 0.3) is 0 Å². The summed E-state index contributed by atoms with van der Waals surface area (Å²) >= 11 is 0. The van der Waals surface area contributed by atoms with Crippen LogP contribution in [0.15, 0.2) is 0 Å². The molecule has 0 amide bonds. The fraction of sp³-hybridized carbons (Fsp3) is 0.833.